The van der Waals surface area contributed by atoms with Crippen LogP contribution in [0.3, 0.4) is 0 Å². The first-order chi connectivity index (χ1) is 14.0. The Hall–Kier alpha value is -2.45. The molecule has 5 nitrogen and oxygen atoms in total. The van der Waals surface area contributed by atoms with Crippen LogP contribution >= 0.6 is 0 Å². The highest BCUT2D eigenvalue weighted by atomic mass is 16.4. The molecule has 154 valence electrons. The standard InChI is InChI=1S/C24H32N4O/c1-17(2)22-14-20(18(3)13-21(22)16-28(4)12-8-11-25)15-23-26-27-24(29-23)19-9-6-5-7-10-19/h5-7,9-10,13,17,20-22H,8,12,14-16H2,1-4H3/t20-,21-,22-/m0/s1. The molecule has 3 atom stereocenters. The van der Waals surface area contributed by atoms with Crippen molar-refractivity contribution in [1.29, 1.82) is 5.26 Å². The first-order valence-corrected chi connectivity index (χ1v) is 10.6. The van der Waals surface area contributed by atoms with E-state index in [0.717, 1.165) is 31.5 Å². The molecule has 1 aliphatic carbocycles. The number of hydrogen-bond donors (Lipinski definition) is 0. The lowest BCUT2D eigenvalue weighted by Crippen LogP contribution is -2.36. The third-order valence-corrected chi connectivity index (χ3v) is 6.12. The number of nitrogens with zero attached hydrogens (tertiary/aromatic N) is 4. The molecule has 1 aromatic carbocycles. The van der Waals surface area contributed by atoms with Crippen LogP contribution in [-0.2, 0) is 6.42 Å². The maximum atomic E-state index is 8.84. The van der Waals surface area contributed by atoms with E-state index in [9.17, 15) is 0 Å². The fourth-order valence-electron chi connectivity index (χ4n) is 4.42. The molecule has 1 aromatic heterocycles. The van der Waals surface area contributed by atoms with E-state index in [1.54, 1.807) is 0 Å². The van der Waals surface area contributed by atoms with Gasteiger partial charge in [0.05, 0.1) is 6.07 Å². The Morgan fingerprint density at radius 1 is 1.24 bits per heavy atom. The first kappa shape index (κ1) is 21.3. The van der Waals surface area contributed by atoms with Gasteiger partial charge in [-0.1, -0.05) is 43.7 Å². The topological polar surface area (TPSA) is 66.0 Å². The summed E-state index contributed by atoms with van der Waals surface area (Å²) in [5, 5.41) is 17.4. The van der Waals surface area contributed by atoms with Gasteiger partial charge in [-0.3, -0.25) is 0 Å². The minimum Gasteiger partial charge on any atom is -0.421 e. The van der Waals surface area contributed by atoms with E-state index in [1.807, 2.05) is 30.3 Å². The molecule has 1 heterocycles. The smallest absolute Gasteiger partial charge is 0.247 e. The molecule has 2 aromatic rings. The Balaban J connectivity index is 1.70. The first-order valence-electron chi connectivity index (χ1n) is 10.6. The summed E-state index contributed by atoms with van der Waals surface area (Å²) < 4.78 is 5.96. The van der Waals surface area contributed by atoms with Gasteiger partial charge in [-0.15, -0.1) is 10.2 Å². The third kappa shape index (κ3) is 5.55. The summed E-state index contributed by atoms with van der Waals surface area (Å²) in [6.07, 6.45) is 4.97. The second kappa shape index (κ2) is 9.84. The van der Waals surface area contributed by atoms with Gasteiger partial charge in [-0.25, -0.2) is 0 Å². The molecular formula is C24H32N4O. The number of hydrogen-bond acceptors (Lipinski definition) is 5. The van der Waals surface area contributed by atoms with Crippen LogP contribution in [-0.4, -0.2) is 35.2 Å². The van der Waals surface area contributed by atoms with Crippen LogP contribution in [0.4, 0.5) is 0 Å². The van der Waals surface area contributed by atoms with Gasteiger partial charge in [0.2, 0.25) is 11.8 Å². The molecule has 0 fully saturated rings. The third-order valence-electron chi connectivity index (χ3n) is 6.12. The van der Waals surface area contributed by atoms with Gasteiger partial charge in [0, 0.05) is 31.5 Å². The van der Waals surface area contributed by atoms with Crippen molar-refractivity contribution >= 4 is 0 Å². The van der Waals surface area contributed by atoms with Gasteiger partial charge in [0.15, 0.2) is 0 Å². The average Bonchev–Trinajstić information content (AvgIpc) is 3.17. The van der Waals surface area contributed by atoms with E-state index in [-0.39, 0.29) is 0 Å². The molecule has 0 unspecified atom stereocenters. The van der Waals surface area contributed by atoms with Crippen LogP contribution in [0.5, 0.6) is 0 Å². The number of rotatable bonds is 8. The molecule has 0 radical (unpaired) electrons. The van der Waals surface area contributed by atoms with Crippen molar-refractivity contribution < 1.29 is 4.42 Å². The second-order valence-corrected chi connectivity index (χ2v) is 8.66. The SMILES string of the molecule is CC1=C[C@@H](CN(C)CCC#N)[C@H](C(C)C)C[C@H]1Cc1nnc(-c2ccccc2)o1. The average molecular weight is 393 g/mol. The van der Waals surface area contributed by atoms with Crippen molar-refractivity contribution in [1.82, 2.24) is 15.1 Å². The van der Waals surface area contributed by atoms with E-state index in [4.69, 9.17) is 9.68 Å². The van der Waals surface area contributed by atoms with Gasteiger partial charge >= 0.3 is 0 Å². The molecule has 0 bridgehead atoms. The molecule has 0 aliphatic heterocycles. The van der Waals surface area contributed by atoms with Crippen LogP contribution in [0, 0.1) is 35.0 Å². The lowest BCUT2D eigenvalue weighted by Gasteiger charge is -2.38. The minimum absolute atomic E-state index is 0.437. The summed E-state index contributed by atoms with van der Waals surface area (Å²) in [4.78, 5) is 2.29. The molecule has 0 N–H and O–H groups in total. The van der Waals surface area contributed by atoms with Crippen molar-refractivity contribution in [2.24, 2.45) is 23.7 Å². The molecular weight excluding hydrogens is 360 g/mol. The van der Waals surface area contributed by atoms with Gasteiger partial charge in [-0.2, -0.15) is 5.26 Å². The van der Waals surface area contributed by atoms with Crippen molar-refractivity contribution in [2.75, 3.05) is 20.1 Å². The minimum atomic E-state index is 0.437. The number of aromatic nitrogens is 2. The van der Waals surface area contributed by atoms with E-state index in [2.05, 4.69) is 55.1 Å². The maximum absolute atomic E-state index is 8.84. The number of nitriles is 1. The summed E-state index contributed by atoms with van der Waals surface area (Å²) in [6.45, 7) is 8.71. The summed E-state index contributed by atoms with van der Waals surface area (Å²) in [5.74, 6) is 3.50. The van der Waals surface area contributed by atoms with Crippen LogP contribution < -0.4 is 0 Å². The van der Waals surface area contributed by atoms with Gasteiger partial charge in [-0.05, 0) is 56.2 Å². The molecule has 5 heteroatoms. The van der Waals surface area contributed by atoms with Gasteiger partial charge in [0.25, 0.3) is 0 Å². The van der Waals surface area contributed by atoms with E-state index >= 15 is 0 Å². The van der Waals surface area contributed by atoms with E-state index in [0.29, 0.717) is 41.9 Å². The molecule has 0 saturated heterocycles. The second-order valence-electron chi connectivity index (χ2n) is 8.66. The fourth-order valence-corrected chi connectivity index (χ4v) is 4.42. The normalized spacial score (nSPS) is 22.0. The monoisotopic (exact) mass is 392 g/mol. The van der Waals surface area contributed by atoms with Crippen LogP contribution in [0.1, 0.15) is 39.5 Å². The molecule has 0 amide bonds. The highest BCUT2D eigenvalue weighted by molar-refractivity contribution is 5.51. The maximum Gasteiger partial charge on any atom is 0.247 e. The van der Waals surface area contributed by atoms with Crippen molar-refractivity contribution in [3.05, 3.63) is 47.9 Å². The lowest BCUT2D eigenvalue weighted by atomic mass is 9.69. The fraction of sp³-hybridized carbons (Fsp3) is 0.542. The van der Waals surface area contributed by atoms with E-state index in [1.165, 1.54) is 5.57 Å². The molecule has 29 heavy (non-hydrogen) atoms. The Morgan fingerprint density at radius 3 is 2.69 bits per heavy atom. The van der Waals surface area contributed by atoms with Gasteiger partial charge in [0.1, 0.15) is 0 Å². The quantitative estimate of drug-likeness (QED) is 0.593. The Morgan fingerprint density at radius 2 is 2.00 bits per heavy atom. The van der Waals surface area contributed by atoms with Crippen molar-refractivity contribution in [3.63, 3.8) is 0 Å². The largest absolute Gasteiger partial charge is 0.421 e. The highest BCUT2D eigenvalue weighted by Gasteiger charge is 2.33. The molecule has 3 rings (SSSR count). The summed E-state index contributed by atoms with van der Waals surface area (Å²) in [5.41, 5.74) is 2.38. The Kier molecular flexibility index (Phi) is 7.22. The zero-order chi connectivity index (χ0) is 20.8. The van der Waals surface area contributed by atoms with E-state index < -0.39 is 0 Å². The summed E-state index contributed by atoms with van der Waals surface area (Å²) >= 11 is 0. The van der Waals surface area contributed by atoms with Crippen LogP contribution in [0.2, 0.25) is 0 Å². The lowest BCUT2D eigenvalue weighted by molar-refractivity contribution is 0.177. The van der Waals surface area contributed by atoms with Crippen molar-refractivity contribution in [3.8, 4) is 17.5 Å². The zero-order valence-corrected chi connectivity index (χ0v) is 18.0. The highest BCUT2D eigenvalue weighted by Crippen LogP contribution is 2.39. The Labute approximate surface area is 174 Å². The van der Waals surface area contributed by atoms with Gasteiger partial charge < -0.3 is 9.32 Å². The molecule has 0 spiro atoms. The Bertz CT molecular complexity index is 849. The van der Waals surface area contributed by atoms with Crippen LogP contribution in [0.25, 0.3) is 11.5 Å². The molecule has 1 aliphatic rings. The molecule has 0 saturated carbocycles. The predicted octanol–water partition coefficient (Wildman–Crippen LogP) is 4.98. The van der Waals surface area contributed by atoms with Crippen LogP contribution in [0.15, 0.2) is 46.4 Å². The summed E-state index contributed by atoms with van der Waals surface area (Å²) in [7, 11) is 2.12. The summed E-state index contributed by atoms with van der Waals surface area (Å²) in [6, 6.07) is 12.2. The number of allylic oxidation sites excluding steroid dienone is 1. The van der Waals surface area contributed by atoms with Crippen molar-refractivity contribution in [2.45, 2.75) is 40.0 Å². The zero-order valence-electron chi connectivity index (χ0n) is 18.0. The predicted molar refractivity (Wildman–Crippen MR) is 115 cm³/mol. The number of benzene rings is 1.